The molecule has 0 amide bonds. The van der Waals surface area contributed by atoms with E-state index >= 15 is 0 Å². The lowest BCUT2D eigenvalue weighted by atomic mass is 9.58. The minimum Gasteiger partial charge on any atom is -0.374 e. The zero-order valence-corrected chi connectivity index (χ0v) is 15.1. The van der Waals surface area contributed by atoms with E-state index < -0.39 is 0 Å². The van der Waals surface area contributed by atoms with E-state index in [1.165, 1.54) is 62.5 Å². The van der Waals surface area contributed by atoms with E-state index in [1.807, 2.05) is 0 Å². The average molecular weight is 315 g/mol. The Morgan fingerprint density at radius 1 is 0.696 bits per heavy atom. The predicted molar refractivity (Wildman–Crippen MR) is 96.2 cm³/mol. The third-order valence-corrected chi connectivity index (χ3v) is 7.85. The summed E-state index contributed by atoms with van der Waals surface area (Å²) in [7, 11) is 0. The molecule has 8 atom stereocenters. The molecule has 4 unspecified atom stereocenters. The molecule has 0 saturated heterocycles. The molecule has 23 heavy (non-hydrogen) atoms. The van der Waals surface area contributed by atoms with E-state index in [-0.39, 0.29) is 0 Å². The number of fused-ring (bicyclic) bond motifs is 2. The lowest BCUT2D eigenvalue weighted by Gasteiger charge is -2.55. The summed E-state index contributed by atoms with van der Waals surface area (Å²) in [6.45, 7) is 12.8. The van der Waals surface area contributed by atoms with E-state index in [4.69, 9.17) is 4.74 Å². The van der Waals surface area contributed by atoms with Crippen molar-refractivity contribution in [2.24, 2.45) is 35.5 Å². The van der Waals surface area contributed by atoms with Gasteiger partial charge in [0.25, 0.3) is 0 Å². The standard InChI is InChI=1S/C22H34O/c1-13(2)15-5-7-19-17(9-15)11-21(19)23-22-12-18-10-16(14(3)4)6-8-20(18)22/h15-22H,1,3,5-12H2,2,4H3/t15?,16?,17-,18-,19+,20+,21?,22?/m0/s1. The first-order valence-electron chi connectivity index (χ1n) is 9.99. The topological polar surface area (TPSA) is 9.23 Å². The Morgan fingerprint density at radius 3 is 1.48 bits per heavy atom. The summed E-state index contributed by atoms with van der Waals surface area (Å²) in [5, 5.41) is 0. The number of hydrogen-bond donors (Lipinski definition) is 0. The van der Waals surface area contributed by atoms with Gasteiger partial charge in [-0.25, -0.2) is 0 Å². The molecule has 0 spiro atoms. The molecule has 4 fully saturated rings. The molecule has 1 heteroatoms. The van der Waals surface area contributed by atoms with Gasteiger partial charge in [-0.1, -0.05) is 24.3 Å². The summed E-state index contributed by atoms with van der Waals surface area (Å²) in [5.41, 5.74) is 2.81. The third-order valence-electron chi connectivity index (χ3n) is 7.85. The zero-order valence-electron chi connectivity index (χ0n) is 15.1. The molecule has 128 valence electrons. The van der Waals surface area contributed by atoms with Crippen LogP contribution in [-0.2, 0) is 4.74 Å². The van der Waals surface area contributed by atoms with Crippen LogP contribution in [0.1, 0.15) is 65.2 Å². The molecule has 0 N–H and O–H groups in total. The molecular weight excluding hydrogens is 280 g/mol. The Bertz CT molecular complexity index is 448. The van der Waals surface area contributed by atoms with Gasteiger partial charge in [0.15, 0.2) is 0 Å². The van der Waals surface area contributed by atoms with Crippen molar-refractivity contribution in [1.29, 1.82) is 0 Å². The molecule has 4 aliphatic rings. The first-order chi connectivity index (χ1) is 11.0. The van der Waals surface area contributed by atoms with Gasteiger partial charge < -0.3 is 4.74 Å². The van der Waals surface area contributed by atoms with Crippen LogP contribution in [0.2, 0.25) is 0 Å². The van der Waals surface area contributed by atoms with Gasteiger partial charge in [0.05, 0.1) is 12.2 Å². The third kappa shape index (κ3) is 2.84. The molecule has 0 bridgehead atoms. The van der Waals surface area contributed by atoms with Gasteiger partial charge in [-0.05, 0) is 101 Å². The average Bonchev–Trinajstić information content (AvgIpc) is 2.47. The normalized spacial score (nSPS) is 48.4. The fraction of sp³-hybridized carbons (Fsp3) is 0.818. The maximum atomic E-state index is 6.61. The quantitative estimate of drug-likeness (QED) is 0.599. The van der Waals surface area contributed by atoms with E-state index in [0.29, 0.717) is 12.2 Å². The molecule has 4 aliphatic carbocycles. The van der Waals surface area contributed by atoms with Crippen molar-refractivity contribution < 1.29 is 4.74 Å². The minimum atomic E-state index is 0.593. The van der Waals surface area contributed by atoms with E-state index in [1.54, 1.807) is 0 Å². The van der Waals surface area contributed by atoms with Crippen molar-refractivity contribution in [1.82, 2.24) is 0 Å². The molecule has 0 radical (unpaired) electrons. The fourth-order valence-electron chi connectivity index (χ4n) is 6.08. The Labute approximate surface area is 142 Å². The lowest BCUT2D eigenvalue weighted by molar-refractivity contribution is -0.198. The number of allylic oxidation sites excluding steroid dienone is 2. The van der Waals surface area contributed by atoms with Crippen molar-refractivity contribution in [2.75, 3.05) is 0 Å². The summed E-state index contributed by atoms with van der Waals surface area (Å²) in [5.74, 6) is 5.20. The van der Waals surface area contributed by atoms with Crippen LogP contribution in [0.3, 0.4) is 0 Å². The zero-order chi connectivity index (χ0) is 16.1. The van der Waals surface area contributed by atoms with Crippen LogP contribution < -0.4 is 0 Å². The fourth-order valence-corrected chi connectivity index (χ4v) is 6.08. The Kier molecular flexibility index (Phi) is 4.20. The highest BCUT2D eigenvalue weighted by Crippen LogP contribution is 2.54. The molecule has 0 heterocycles. The summed E-state index contributed by atoms with van der Waals surface area (Å²) in [6.07, 6.45) is 12.1. The molecule has 0 aromatic heterocycles. The van der Waals surface area contributed by atoms with Crippen molar-refractivity contribution in [3.63, 3.8) is 0 Å². The second kappa shape index (κ2) is 6.06. The smallest absolute Gasteiger partial charge is 0.0612 e. The molecule has 4 rings (SSSR count). The van der Waals surface area contributed by atoms with Gasteiger partial charge in [0.2, 0.25) is 0 Å². The van der Waals surface area contributed by atoms with Crippen LogP contribution in [0.25, 0.3) is 0 Å². The van der Waals surface area contributed by atoms with Crippen LogP contribution in [0.15, 0.2) is 24.3 Å². The van der Waals surface area contributed by atoms with Crippen molar-refractivity contribution in [3.05, 3.63) is 24.3 Å². The highest BCUT2D eigenvalue weighted by Gasteiger charge is 2.50. The highest BCUT2D eigenvalue weighted by atomic mass is 16.5. The molecule has 0 aromatic carbocycles. The lowest BCUT2D eigenvalue weighted by Crippen LogP contribution is -2.53. The van der Waals surface area contributed by atoms with Gasteiger partial charge in [0.1, 0.15) is 0 Å². The van der Waals surface area contributed by atoms with Crippen LogP contribution in [-0.4, -0.2) is 12.2 Å². The first kappa shape index (κ1) is 15.9. The molecule has 1 nitrogen and oxygen atoms in total. The minimum absolute atomic E-state index is 0.593. The Balaban J connectivity index is 1.25. The van der Waals surface area contributed by atoms with Crippen LogP contribution in [0, 0.1) is 35.5 Å². The van der Waals surface area contributed by atoms with E-state index in [2.05, 4.69) is 27.0 Å². The van der Waals surface area contributed by atoms with Crippen LogP contribution in [0.5, 0.6) is 0 Å². The van der Waals surface area contributed by atoms with Crippen molar-refractivity contribution in [3.8, 4) is 0 Å². The monoisotopic (exact) mass is 314 g/mol. The second-order valence-electron chi connectivity index (χ2n) is 9.24. The Morgan fingerprint density at radius 2 is 1.13 bits per heavy atom. The van der Waals surface area contributed by atoms with E-state index in [0.717, 1.165) is 35.5 Å². The van der Waals surface area contributed by atoms with Gasteiger partial charge in [-0.2, -0.15) is 0 Å². The SMILES string of the molecule is C=C(C)C1CC[C@H]2C(OC3C[C@@H]4CC(C(=C)C)CC[C@@H]34)C[C@@H]2C1. The maximum absolute atomic E-state index is 6.61. The van der Waals surface area contributed by atoms with Crippen molar-refractivity contribution >= 4 is 0 Å². The van der Waals surface area contributed by atoms with Gasteiger partial charge in [0, 0.05) is 0 Å². The molecule has 0 aliphatic heterocycles. The van der Waals surface area contributed by atoms with Gasteiger partial charge in [-0.3, -0.25) is 0 Å². The highest BCUT2D eigenvalue weighted by molar-refractivity contribution is 5.07. The molecule has 4 saturated carbocycles. The van der Waals surface area contributed by atoms with E-state index in [9.17, 15) is 0 Å². The van der Waals surface area contributed by atoms with Gasteiger partial charge >= 0.3 is 0 Å². The molecular formula is C22H34O. The largest absolute Gasteiger partial charge is 0.374 e. The number of rotatable bonds is 4. The number of hydrogen-bond acceptors (Lipinski definition) is 1. The second-order valence-corrected chi connectivity index (χ2v) is 9.24. The summed E-state index contributed by atoms with van der Waals surface area (Å²) in [6, 6.07) is 0. The number of ether oxygens (including phenoxy) is 1. The summed E-state index contributed by atoms with van der Waals surface area (Å²) >= 11 is 0. The van der Waals surface area contributed by atoms with Gasteiger partial charge in [-0.15, -0.1) is 0 Å². The van der Waals surface area contributed by atoms with Crippen molar-refractivity contribution in [2.45, 2.75) is 77.4 Å². The predicted octanol–water partition coefficient (Wildman–Crippen LogP) is 5.76. The maximum Gasteiger partial charge on any atom is 0.0612 e. The van der Waals surface area contributed by atoms with Crippen LogP contribution >= 0.6 is 0 Å². The summed E-state index contributed by atoms with van der Waals surface area (Å²) < 4.78 is 6.61. The molecule has 0 aromatic rings. The summed E-state index contributed by atoms with van der Waals surface area (Å²) in [4.78, 5) is 0. The first-order valence-corrected chi connectivity index (χ1v) is 9.99. The van der Waals surface area contributed by atoms with Crippen LogP contribution in [0.4, 0.5) is 0 Å². The Hall–Kier alpha value is -0.560.